The summed E-state index contributed by atoms with van der Waals surface area (Å²) in [6.07, 6.45) is 2.66. The van der Waals surface area contributed by atoms with Crippen LogP contribution in [0.15, 0.2) is 0 Å². The largest absolute Gasteiger partial charge is 0.314 e. The Morgan fingerprint density at radius 3 is 2.79 bits per heavy atom. The Balaban J connectivity index is 0.00000133. The molecule has 2 unspecified atom stereocenters. The molecule has 2 aliphatic heterocycles. The van der Waals surface area contributed by atoms with Gasteiger partial charge < -0.3 is 5.32 Å². The van der Waals surface area contributed by atoms with E-state index in [0.29, 0.717) is 0 Å². The van der Waals surface area contributed by atoms with Crippen LogP contribution in [0.25, 0.3) is 0 Å². The number of fused-ring (bicyclic) bond motifs is 1. The van der Waals surface area contributed by atoms with E-state index < -0.39 is 0 Å². The van der Waals surface area contributed by atoms with Gasteiger partial charge in [0.25, 0.3) is 0 Å². The number of aromatic nitrogens is 2. The minimum atomic E-state index is 0. The Hall–Kier alpha value is -0.580. The van der Waals surface area contributed by atoms with Gasteiger partial charge >= 0.3 is 0 Å². The molecule has 0 spiro atoms. The maximum absolute atomic E-state index is 4.52. The van der Waals surface area contributed by atoms with Gasteiger partial charge in [-0.15, -0.1) is 12.4 Å². The average molecular weight is 285 g/mol. The lowest BCUT2D eigenvalue weighted by atomic mass is 9.93. The van der Waals surface area contributed by atoms with Crippen LogP contribution in [0.5, 0.6) is 0 Å². The highest BCUT2D eigenvalue weighted by Gasteiger charge is 2.32. The van der Waals surface area contributed by atoms with Gasteiger partial charge in [-0.3, -0.25) is 9.58 Å². The molecule has 0 amide bonds. The first-order chi connectivity index (χ1) is 8.65. The maximum Gasteiger partial charge on any atom is 0.0641 e. The molecule has 2 atom stereocenters. The highest BCUT2D eigenvalue weighted by molar-refractivity contribution is 5.85. The second-order valence-corrected chi connectivity index (χ2v) is 5.91. The molecule has 2 fully saturated rings. The summed E-state index contributed by atoms with van der Waals surface area (Å²) < 4.78 is 2.01. The third-order valence-electron chi connectivity index (χ3n) is 4.78. The molecule has 0 radical (unpaired) electrons. The van der Waals surface area contributed by atoms with Gasteiger partial charge in [0, 0.05) is 37.4 Å². The topological polar surface area (TPSA) is 33.1 Å². The van der Waals surface area contributed by atoms with Gasteiger partial charge in [0.15, 0.2) is 0 Å². The van der Waals surface area contributed by atoms with Crippen LogP contribution in [0.1, 0.15) is 29.8 Å². The Morgan fingerprint density at radius 2 is 2.11 bits per heavy atom. The molecule has 19 heavy (non-hydrogen) atoms. The molecule has 1 aromatic rings. The van der Waals surface area contributed by atoms with Crippen molar-refractivity contribution in [2.24, 2.45) is 13.0 Å². The van der Waals surface area contributed by atoms with E-state index in [2.05, 4.69) is 29.2 Å². The van der Waals surface area contributed by atoms with Gasteiger partial charge in [0.05, 0.1) is 5.69 Å². The number of likely N-dealkylation sites (tertiary alicyclic amines) is 1. The fourth-order valence-corrected chi connectivity index (χ4v) is 3.54. The minimum Gasteiger partial charge on any atom is -0.314 e. The number of halogens is 1. The third-order valence-corrected chi connectivity index (χ3v) is 4.78. The first-order valence-electron chi connectivity index (χ1n) is 7.10. The van der Waals surface area contributed by atoms with E-state index in [1.165, 1.54) is 49.4 Å². The van der Waals surface area contributed by atoms with Crippen LogP contribution in [-0.2, 0) is 13.6 Å². The van der Waals surface area contributed by atoms with Crippen molar-refractivity contribution in [3.05, 3.63) is 17.0 Å². The fourth-order valence-electron chi connectivity index (χ4n) is 3.54. The smallest absolute Gasteiger partial charge is 0.0641 e. The van der Waals surface area contributed by atoms with E-state index in [0.717, 1.165) is 18.5 Å². The van der Waals surface area contributed by atoms with Crippen LogP contribution in [-0.4, -0.2) is 40.4 Å². The van der Waals surface area contributed by atoms with Gasteiger partial charge in [0.1, 0.15) is 0 Å². The van der Waals surface area contributed by atoms with Crippen LogP contribution in [0.4, 0.5) is 0 Å². The first kappa shape index (κ1) is 14.8. The molecule has 1 aromatic heterocycles. The molecule has 2 saturated heterocycles. The second kappa shape index (κ2) is 5.81. The van der Waals surface area contributed by atoms with Crippen molar-refractivity contribution in [2.45, 2.75) is 39.3 Å². The Labute approximate surface area is 122 Å². The summed E-state index contributed by atoms with van der Waals surface area (Å²) in [5, 5.41) is 8.15. The molecular formula is C14H25ClN4. The van der Waals surface area contributed by atoms with Gasteiger partial charge in [-0.2, -0.15) is 5.10 Å². The normalized spacial score (nSPS) is 27.1. The lowest BCUT2D eigenvalue weighted by Gasteiger charge is -2.34. The summed E-state index contributed by atoms with van der Waals surface area (Å²) in [5.41, 5.74) is 3.95. The molecule has 108 valence electrons. The molecule has 5 heteroatoms. The monoisotopic (exact) mass is 284 g/mol. The van der Waals surface area contributed by atoms with E-state index in [4.69, 9.17) is 0 Å². The van der Waals surface area contributed by atoms with E-state index in [-0.39, 0.29) is 12.4 Å². The van der Waals surface area contributed by atoms with Crippen molar-refractivity contribution in [3.8, 4) is 0 Å². The van der Waals surface area contributed by atoms with Crippen molar-refractivity contribution in [2.75, 3.05) is 19.6 Å². The lowest BCUT2D eigenvalue weighted by molar-refractivity contribution is 0.155. The lowest BCUT2D eigenvalue weighted by Crippen LogP contribution is -2.44. The molecule has 4 nitrogen and oxygen atoms in total. The molecule has 1 N–H and O–H groups in total. The SMILES string of the molecule is Cc1nn(C)c(C)c1CN1CCC2NCCC2C1.Cl. The number of hydrogen-bond acceptors (Lipinski definition) is 3. The van der Waals surface area contributed by atoms with Gasteiger partial charge in [-0.25, -0.2) is 0 Å². The summed E-state index contributed by atoms with van der Waals surface area (Å²) in [6, 6.07) is 0.789. The highest BCUT2D eigenvalue weighted by Crippen LogP contribution is 2.26. The van der Waals surface area contributed by atoms with Crippen LogP contribution in [0.3, 0.4) is 0 Å². The number of aryl methyl sites for hydroxylation is 2. The van der Waals surface area contributed by atoms with Crippen LogP contribution in [0.2, 0.25) is 0 Å². The van der Waals surface area contributed by atoms with E-state index in [1.54, 1.807) is 0 Å². The fraction of sp³-hybridized carbons (Fsp3) is 0.786. The summed E-state index contributed by atoms with van der Waals surface area (Å²) in [6.45, 7) is 9.08. The standard InChI is InChI=1S/C14H24N4.ClH/c1-10-13(11(2)17(3)16-10)9-18-7-5-14-12(8-18)4-6-15-14;/h12,14-15H,4-9H2,1-3H3;1H. The Bertz CT molecular complexity index is 443. The molecule has 3 heterocycles. The van der Waals surface area contributed by atoms with Crippen molar-refractivity contribution in [3.63, 3.8) is 0 Å². The van der Waals surface area contributed by atoms with Crippen LogP contribution in [0, 0.1) is 19.8 Å². The molecular weight excluding hydrogens is 260 g/mol. The number of rotatable bonds is 2. The summed E-state index contributed by atoms with van der Waals surface area (Å²) in [7, 11) is 2.04. The maximum atomic E-state index is 4.52. The zero-order valence-corrected chi connectivity index (χ0v) is 13.0. The van der Waals surface area contributed by atoms with Crippen LogP contribution < -0.4 is 5.32 Å². The van der Waals surface area contributed by atoms with Gasteiger partial charge in [-0.1, -0.05) is 0 Å². The van der Waals surface area contributed by atoms with Crippen LogP contribution >= 0.6 is 12.4 Å². The minimum absolute atomic E-state index is 0. The zero-order chi connectivity index (χ0) is 12.7. The van der Waals surface area contributed by atoms with Gasteiger partial charge in [0.2, 0.25) is 0 Å². The Kier molecular flexibility index (Phi) is 4.54. The molecule has 2 aliphatic rings. The van der Waals surface area contributed by atoms with E-state index >= 15 is 0 Å². The molecule has 0 aromatic carbocycles. The van der Waals surface area contributed by atoms with Gasteiger partial charge in [-0.05, 0) is 45.7 Å². The number of piperidine rings is 1. The van der Waals surface area contributed by atoms with E-state index in [1.807, 2.05) is 11.7 Å². The number of nitrogens with one attached hydrogen (secondary N) is 1. The number of hydrogen-bond donors (Lipinski definition) is 1. The quantitative estimate of drug-likeness (QED) is 0.896. The third kappa shape index (κ3) is 2.81. The predicted molar refractivity (Wildman–Crippen MR) is 79.7 cm³/mol. The summed E-state index contributed by atoms with van der Waals surface area (Å²) in [5.74, 6) is 0.871. The average Bonchev–Trinajstić information content (AvgIpc) is 2.89. The molecule has 0 bridgehead atoms. The van der Waals surface area contributed by atoms with Crippen molar-refractivity contribution in [1.82, 2.24) is 20.0 Å². The summed E-state index contributed by atoms with van der Waals surface area (Å²) >= 11 is 0. The van der Waals surface area contributed by atoms with E-state index in [9.17, 15) is 0 Å². The zero-order valence-electron chi connectivity index (χ0n) is 12.1. The van der Waals surface area contributed by atoms with Crippen molar-refractivity contribution in [1.29, 1.82) is 0 Å². The predicted octanol–water partition coefficient (Wildman–Crippen LogP) is 1.64. The van der Waals surface area contributed by atoms with Crippen molar-refractivity contribution >= 4 is 12.4 Å². The first-order valence-corrected chi connectivity index (χ1v) is 7.10. The second-order valence-electron chi connectivity index (χ2n) is 5.91. The molecule has 3 rings (SSSR count). The number of nitrogens with zero attached hydrogens (tertiary/aromatic N) is 3. The molecule has 0 aliphatic carbocycles. The molecule has 0 saturated carbocycles. The highest BCUT2D eigenvalue weighted by atomic mass is 35.5. The summed E-state index contributed by atoms with van der Waals surface area (Å²) in [4.78, 5) is 2.62. The Morgan fingerprint density at radius 1 is 1.32 bits per heavy atom. The van der Waals surface area contributed by atoms with Crippen molar-refractivity contribution < 1.29 is 0 Å².